The molecule has 1 fully saturated rings. The highest BCUT2D eigenvalue weighted by atomic mass is 32.2. The molecule has 0 aliphatic carbocycles. The summed E-state index contributed by atoms with van der Waals surface area (Å²) in [6.07, 6.45) is 1.92. The highest BCUT2D eigenvalue weighted by molar-refractivity contribution is 8.18. The zero-order valence-corrected chi connectivity index (χ0v) is 14.5. The summed E-state index contributed by atoms with van der Waals surface area (Å²) in [5, 5.41) is 9.54. The van der Waals surface area contributed by atoms with E-state index in [4.69, 9.17) is 5.26 Å². The van der Waals surface area contributed by atoms with Crippen molar-refractivity contribution >= 4 is 39.5 Å². The lowest BCUT2D eigenvalue weighted by Crippen LogP contribution is -2.27. The van der Waals surface area contributed by atoms with Crippen LogP contribution >= 0.6 is 11.8 Å². The van der Waals surface area contributed by atoms with E-state index >= 15 is 0 Å². The number of aromatic nitrogens is 1. The lowest BCUT2D eigenvalue weighted by molar-refractivity contribution is -0.113. The Hall–Kier alpha value is -3.30. The van der Waals surface area contributed by atoms with Gasteiger partial charge >= 0.3 is 0 Å². The average molecular weight is 359 g/mol. The largest absolute Gasteiger partial charge is 0.343 e. The van der Waals surface area contributed by atoms with Crippen LogP contribution in [-0.2, 0) is 11.3 Å². The maximum atomic E-state index is 12.3. The van der Waals surface area contributed by atoms with E-state index in [1.165, 1.54) is 4.90 Å². The van der Waals surface area contributed by atoms with Crippen molar-refractivity contribution in [2.45, 2.75) is 6.54 Å². The van der Waals surface area contributed by atoms with Crippen LogP contribution in [0.15, 0.2) is 66.2 Å². The van der Waals surface area contributed by atoms with Gasteiger partial charge in [0.2, 0.25) is 0 Å². The van der Waals surface area contributed by atoms with Crippen LogP contribution in [-0.4, -0.2) is 15.7 Å². The molecule has 1 aliphatic rings. The van der Waals surface area contributed by atoms with Gasteiger partial charge in [0.15, 0.2) is 0 Å². The Morgan fingerprint density at radius 2 is 1.92 bits per heavy atom. The number of hydrogen-bond donors (Lipinski definition) is 0. The molecule has 0 bridgehead atoms. The summed E-state index contributed by atoms with van der Waals surface area (Å²) in [6.45, 7) is 4.23. The summed E-state index contributed by atoms with van der Waals surface area (Å²) >= 11 is 0.859. The summed E-state index contributed by atoms with van der Waals surface area (Å²) < 4.78 is 2.03. The third-order valence-electron chi connectivity index (χ3n) is 4.28. The molecule has 0 saturated carbocycles. The molecule has 0 atom stereocenters. The predicted molar refractivity (Wildman–Crippen MR) is 102 cm³/mol. The van der Waals surface area contributed by atoms with E-state index in [0.29, 0.717) is 17.8 Å². The Kier molecular flexibility index (Phi) is 3.86. The number of nitrogens with zero attached hydrogens (tertiary/aromatic N) is 3. The number of fused-ring (bicyclic) bond motifs is 1. The first-order chi connectivity index (χ1) is 12.6. The molecule has 1 aliphatic heterocycles. The Balaban J connectivity index is 1.76. The molecular weight excluding hydrogens is 346 g/mol. The van der Waals surface area contributed by atoms with E-state index < -0.39 is 0 Å². The number of carbonyl (C=O) groups excluding carboxylic acids is 2. The van der Waals surface area contributed by atoms with Crippen molar-refractivity contribution in [3.05, 3.63) is 77.3 Å². The van der Waals surface area contributed by atoms with Gasteiger partial charge in [0.05, 0.1) is 27.7 Å². The number of benzene rings is 2. The van der Waals surface area contributed by atoms with Crippen molar-refractivity contribution < 1.29 is 9.59 Å². The van der Waals surface area contributed by atoms with Crippen LogP contribution in [0.4, 0.5) is 10.5 Å². The Morgan fingerprint density at radius 3 is 2.65 bits per heavy atom. The third-order valence-corrected chi connectivity index (χ3v) is 5.05. The van der Waals surface area contributed by atoms with E-state index in [-0.39, 0.29) is 16.1 Å². The van der Waals surface area contributed by atoms with Gasteiger partial charge in [-0.25, -0.2) is 4.90 Å². The standard InChI is InChI=1S/C20H13N3O2S/c1-13-19(24)23(20(25)26-13)18-7-3-6-17-16(18)8-9-22(17)12-15-5-2-4-14(10-15)11-21/h2-10H,1,12H2. The molecule has 6 heteroatoms. The molecule has 4 rings (SSSR count). The van der Waals surface area contributed by atoms with Crippen molar-refractivity contribution in [3.63, 3.8) is 0 Å². The van der Waals surface area contributed by atoms with Crippen molar-refractivity contribution in [1.82, 2.24) is 4.57 Å². The summed E-state index contributed by atoms with van der Waals surface area (Å²) in [5.41, 5.74) is 3.09. The molecule has 0 spiro atoms. The summed E-state index contributed by atoms with van der Waals surface area (Å²) in [5.74, 6) is -0.373. The van der Waals surface area contributed by atoms with Gasteiger partial charge in [0, 0.05) is 18.1 Å². The van der Waals surface area contributed by atoms with Gasteiger partial charge in [0.1, 0.15) is 0 Å². The van der Waals surface area contributed by atoms with Gasteiger partial charge in [-0.1, -0.05) is 24.8 Å². The Morgan fingerprint density at radius 1 is 1.12 bits per heavy atom. The number of rotatable bonds is 3. The minimum Gasteiger partial charge on any atom is -0.343 e. The Labute approximate surface area is 154 Å². The third kappa shape index (κ3) is 2.59. The Bertz CT molecular complexity index is 1120. The average Bonchev–Trinajstić information content (AvgIpc) is 3.16. The summed E-state index contributed by atoms with van der Waals surface area (Å²) in [4.78, 5) is 25.9. The second-order valence-corrected chi connectivity index (χ2v) is 6.94. The van der Waals surface area contributed by atoms with Crippen LogP contribution in [0.3, 0.4) is 0 Å². The number of amides is 2. The molecule has 126 valence electrons. The maximum Gasteiger partial charge on any atom is 0.298 e. The van der Waals surface area contributed by atoms with Gasteiger partial charge in [-0.3, -0.25) is 9.59 Å². The molecule has 3 aromatic rings. The van der Waals surface area contributed by atoms with Crippen molar-refractivity contribution in [3.8, 4) is 6.07 Å². The SMILES string of the molecule is C=C1SC(=O)N(c2cccc3c2ccn3Cc2cccc(C#N)c2)C1=O. The van der Waals surface area contributed by atoms with Crippen molar-refractivity contribution in [1.29, 1.82) is 5.26 Å². The van der Waals surface area contributed by atoms with Gasteiger partial charge in [-0.15, -0.1) is 0 Å². The summed E-state index contributed by atoms with van der Waals surface area (Å²) in [6, 6.07) is 17.0. The number of carbonyl (C=O) groups is 2. The van der Waals surface area contributed by atoms with Crippen LogP contribution in [0.25, 0.3) is 10.9 Å². The molecule has 0 N–H and O–H groups in total. The number of nitriles is 1. The smallest absolute Gasteiger partial charge is 0.298 e. The maximum absolute atomic E-state index is 12.3. The lowest BCUT2D eigenvalue weighted by atomic mass is 10.1. The molecular formula is C20H13N3O2S. The quantitative estimate of drug-likeness (QED) is 0.655. The monoisotopic (exact) mass is 359 g/mol. The van der Waals surface area contributed by atoms with E-state index in [1.54, 1.807) is 12.1 Å². The number of hydrogen-bond acceptors (Lipinski definition) is 4. The topological polar surface area (TPSA) is 66.1 Å². The summed E-state index contributed by atoms with van der Waals surface area (Å²) in [7, 11) is 0. The minimum atomic E-state index is -0.373. The lowest BCUT2D eigenvalue weighted by Gasteiger charge is -2.14. The van der Waals surface area contributed by atoms with Gasteiger partial charge in [-0.05, 0) is 47.7 Å². The zero-order chi connectivity index (χ0) is 18.3. The molecule has 0 unspecified atom stereocenters. The first kappa shape index (κ1) is 16.2. The molecule has 2 heterocycles. The highest BCUT2D eigenvalue weighted by Crippen LogP contribution is 2.37. The van der Waals surface area contributed by atoms with E-state index in [1.807, 2.05) is 47.2 Å². The number of imide groups is 1. The van der Waals surface area contributed by atoms with Crippen molar-refractivity contribution in [2.24, 2.45) is 0 Å². The highest BCUT2D eigenvalue weighted by Gasteiger charge is 2.36. The second kappa shape index (κ2) is 6.21. The van der Waals surface area contributed by atoms with Crippen LogP contribution in [0.2, 0.25) is 0 Å². The van der Waals surface area contributed by atoms with Crippen LogP contribution in [0.5, 0.6) is 0 Å². The zero-order valence-electron chi connectivity index (χ0n) is 13.7. The van der Waals surface area contributed by atoms with Crippen LogP contribution in [0.1, 0.15) is 11.1 Å². The molecule has 2 aromatic carbocycles. The molecule has 2 amide bonds. The fourth-order valence-corrected chi connectivity index (χ4v) is 3.75. The van der Waals surface area contributed by atoms with Gasteiger partial charge in [-0.2, -0.15) is 5.26 Å². The fraction of sp³-hybridized carbons (Fsp3) is 0.0500. The molecule has 1 saturated heterocycles. The first-order valence-electron chi connectivity index (χ1n) is 7.90. The normalized spacial score (nSPS) is 14.3. The van der Waals surface area contributed by atoms with E-state index in [0.717, 1.165) is 28.2 Å². The van der Waals surface area contributed by atoms with Gasteiger partial charge in [0.25, 0.3) is 11.1 Å². The van der Waals surface area contributed by atoms with Crippen LogP contribution in [0, 0.1) is 11.3 Å². The fourth-order valence-electron chi connectivity index (χ4n) is 3.09. The van der Waals surface area contributed by atoms with Gasteiger partial charge < -0.3 is 4.57 Å². The molecule has 0 radical (unpaired) electrons. The van der Waals surface area contributed by atoms with Crippen molar-refractivity contribution in [2.75, 3.05) is 4.90 Å². The van der Waals surface area contributed by atoms with Crippen LogP contribution < -0.4 is 4.90 Å². The number of anilines is 1. The second-order valence-electron chi connectivity index (χ2n) is 5.90. The predicted octanol–water partition coefficient (Wildman–Crippen LogP) is 4.27. The minimum absolute atomic E-state index is 0.236. The molecule has 5 nitrogen and oxygen atoms in total. The van der Waals surface area contributed by atoms with E-state index in [9.17, 15) is 9.59 Å². The molecule has 1 aromatic heterocycles. The first-order valence-corrected chi connectivity index (χ1v) is 8.72. The molecule has 26 heavy (non-hydrogen) atoms. The van der Waals surface area contributed by atoms with E-state index in [2.05, 4.69) is 12.6 Å². The number of thioether (sulfide) groups is 1.